The normalized spacial score (nSPS) is 25.1. The number of hydrogen-bond acceptors (Lipinski definition) is 1. The van der Waals surface area contributed by atoms with Crippen molar-refractivity contribution in [1.29, 1.82) is 0 Å². The van der Waals surface area contributed by atoms with E-state index in [1.165, 1.54) is 12.8 Å². The van der Waals surface area contributed by atoms with Crippen LogP contribution in [0.3, 0.4) is 0 Å². The van der Waals surface area contributed by atoms with Gasteiger partial charge < -0.3 is 4.74 Å². The second-order valence-corrected chi connectivity index (χ2v) is 10.6. The first-order valence-corrected chi connectivity index (χ1v) is 12.9. The van der Waals surface area contributed by atoms with Gasteiger partial charge in [-0.25, -0.2) is 13.2 Å². The van der Waals surface area contributed by atoms with Crippen LogP contribution in [-0.4, -0.2) is 6.11 Å². The Morgan fingerprint density at radius 2 is 1.24 bits per heavy atom. The molecular weight excluding hydrogens is 516 g/mol. The Labute approximate surface area is 216 Å². The first kappa shape index (κ1) is 28.4. The van der Waals surface area contributed by atoms with Gasteiger partial charge in [0.05, 0.1) is 17.0 Å². The van der Waals surface area contributed by atoms with Crippen molar-refractivity contribution >= 4 is 0 Å². The molecule has 0 atom stereocenters. The summed E-state index contributed by atoms with van der Waals surface area (Å²) < 4.78 is 116. The molecule has 0 aromatic heterocycles. The summed E-state index contributed by atoms with van der Waals surface area (Å²) in [6.07, 6.45) is 1.93. The minimum Gasteiger partial charge on any atom is -0.432 e. The van der Waals surface area contributed by atoms with Gasteiger partial charge in [0.25, 0.3) is 0 Å². The molecule has 0 aliphatic heterocycles. The van der Waals surface area contributed by atoms with Crippen LogP contribution in [0.4, 0.5) is 35.1 Å². The summed E-state index contributed by atoms with van der Waals surface area (Å²) in [6.45, 7) is 2.25. The molecule has 2 fully saturated rings. The maximum Gasteiger partial charge on any atom is 0.419 e. The topological polar surface area (TPSA) is 9.23 Å². The molecule has 0 unspecified atom stereocenters. The zero-order valence-corrected chi connectivity index (χ0v) is 20.9. The zero-order valence-electron chi connectivity index (χ0n) is 20.9. The molecule has 0 heterocycles. The average Bonchev–Trinajstić information content (AvgIpc) is 2.82. The number of allylic oxidation sites excluding steroid dienone is 2. The molecule has 0 saturated heterocycles. The Morgan fingerprint density at radius 1 is 0.711 bits per heavy atom. The number of alkyl halides is 5. The van der Waals surface area contributed by atoms with Crippen LogP contribution < -0.4 is 4.74 Å². The summed E-state index contributed by atoms with van der Waals surface area (Å²) in [7, 11) is 0. The third-order valence-corrected chi connectivity index (χ3v) is 7.80. The van der Waals surface area contributed by atoms with Crippen molar-refractivity contribution in [3.8, 4) is 16.9 Å². The number of hydrogen-bond donors (Lipinski definition) is 0. The molecule has 0 amide bonds. The van der Waals surface area contributed by atoms with Gasteiger partial charge in [-0.1, -0.05) is 38.0 Å². The number of ether oxygens (including phenoxy) is 1. The minimum atomic E-state index is -4.98. The Bertz CT molecular complexity index is 1120. The van der Waals surface area contributed by atoms with Gasteiger partial charge in [0.1, 0.15) is 23.2 Å². The van der Waals surface area contributed by atoms with Gasteiger partial charge in [0, 0.05) is 12.1 Å². The van der Waals surface area contributed by atoms with Crippen molar-refractivity contribution in [3.63, 3.8) is 0 Å². The van der Waals surface area contributed by atoms with E-state index in [2.05, 4.69) is 19.1 Å². The molecule has 2 saturated carbocycles. The highest BCUT2D eigenvalue weighted by Gasteiger charge is 2.44. The Hall–Kier alpha value is -2.58. The van der Waals surface area contributed by atoms with Gasteiger partial charge in [-0.15, -0.1) is 0 Å². The maximum atomic E-state index is 14.9. The van der Waals surface area contributed by atoms with Crippen LogP contribution in [0.2, 0.25) is 0 Å². The third kappa shape index (κ3) is 6.70. The lowest BCUT2D eigenvalue weighted by atomic mass is 9.79. The van der Waals surface area contributed by atoms with E-state index in [0.29, 0.717) is 49.1 Å². The fourth-order valence-corrected chi connectivity index (χ4v) is 5.47. The van der Waals surface area contributed by atoms with Crippen molar-refractivity contribution in [2.24, 2.45) is 23.7 Å². The lowest BCUT2D eigenvalue weighted by Crippen LogP contribution is -2.37. The first-order chi connectivity index (χ1) is 17.8. The van der Waals surface area contributed by atoms with Crippen LogP contribution >= 0.6 is 0 Å². The molecule has 4 rings (SSSR count). The van der Waals surface area contributed by atoms with Gasteiger partial charge in [-0.2, -0.15) is 22.0 Å². The molecule has 0 N–H and O–H groups in total. The highest BCUT2D eigenvalue weighted by molar-refractivity contribution is 5.66. The van der Waals surface area contributed by atoms with E-state index < -0.39 is 58.1 Å². The predicted molar refractivity (Wildman–Crippen MR) is 128 cm³/mol. The summed E-state index contributed by atoms with van der Waals surface area (Å²) >= 11 is 0. The fourth-order valence-electron chi connectivity index (χ4n) is 5.47. The third-order valence-electron chi connectivity index (χ3n) is 7.80. The summed E-state index contributed by atoms with van der Waals surface area (Å²) in [5, 5.41) is 0. The molecule has 38 heavy (non-hydrogen) atoms. The van der Waals surface area contributed by atoms with Crippen LogP contribution in [0.5, 0.6) is 5.75 Å². The largest absolute Gasteiger partial charge is 0.432 e. The van der Waals surface area contributed by atoms with E-state index in [9.17, 15) is 35.1 Å². The van der Waals surface area contributed by atoms with E-state index in [0.717, 1.165) is 18.8 Å². The second-order valence-electron chi connectivity index (χ2n) is 10.6. The first-order valence-electron chi connectivity index (χ1n) is 12.9. The molecular formula is C29H30F8O. The molecule has 0 bridgehead atoms. The Kier molecular flexibility index (Phi) is 8.43. The molecule has 9 heteroatoms. The molecule has 2 aromatic rings. The fraction of sp³-hybridized carbons (Fsp3) is 0.517. The summed E-state index contributed by atoms with van der Waals surface area (Å²) in [6, 6.07) is 2.48. The standard InChI is InChI=1S/C29H30F8O/c1-17-2-4-18(5-3-17)6-7-19-8-11-21(12-9-19)29(36,37)38-22-15-25(31)27(26(32)16-22)20-10-13-23(24(30)14-20)28(33,34)35/h6-7,10,13-19,21H,2-5,8-9,11-12H2,1H3/b7-6+. The molecule has 208 valence electrons. The average molecular weight is 547 g/mol. The lowest BCUT2D eigenvalue weighted by molar-refractivity contribution is -0.223. The lowest BCUT2D eigenvalue weighted by Gasteiger charge is -2.32. The van der Waals surface area contributed by atoms with Crippen molar-refractivity contribution in [1.82, 2.24) is 0 Å². The van der Waals surface area contributed by atoms with Crippen molar-refractivity contribution in [3.05, 3.63) is 65.5 Å². The maximum absolute atomic E-state index is 14.9. The number of halogens is 8. The van der Waals surface area contributed by atoms with E-state index in [1.54, 1.807) is 0 Å². The summed E-state index contributed by atoms with van der Waals surface area (Å²) in [5.41, 5.74) is -2.93. The number of rotatable bonds is 6. The highest BCUT2D eigenvalue weighted by Crippen LogP contribution is 2.42. The van der Waals surface area contributed by atoms with Gasteiger partial charge >= 0.3 is 12.3 Å². The van der Waals surface area contributed by atoms with Gasteiger partial charge in [0.15, 0.2) is 0 Å². The second kappa shape index (κ2) is 11.3. The highest BCUT2D eigenvalue weighted by atomic mass is 19.4. The van der Waals surface area contributed by atoms with E-state index in [4.69, 9.17) is 4.74 Å². The molecule has 2 aliphatic rings. The van der Waals surface area contributed by atoms with Gasteiger partial charge in [-0.3, -0.25) is 0 Å². The quantitative estimate of drug-likeness (QED) is 0.259. The Balaban J connectivity index is 1.39. The summed E-state index contributed by atoms with van der Waals surface area (Å²) in [4.78, 5) is 0. The predicted octanol–water partition coefficient (Wildman–Crippen LogP) is 9.95. The van der Waals surface area contributed by atoms with Crippen LogP contribution in [-0.2, 0) is 6.18 Å². The van der Waals surface area contributed by atoms with Crippen LogP contribution in [0.25, 0.3) is 11.1 Å². The van der Waals surface area contributed by atoms with E-state index in [1.807, 2.05) is 0 Å². The molecule has 0 radical (unpaired) electrons. The Morgan fingerprint density at radius 3 is 1.74 bits per heavy atom. The molecule has 0 spiro atoms. The zero-order chi connectivity index (χ0) is 27.7. The van der Waals surface area contributed by atoms with Crippen LogP contribution in [0.15, 0.2) is 42.5 Å². The van der Waals surface area contributed by atoms with Crippen LogP contribution in [0.1, 0.15) is 63.9 Å². The van der Waals surface area contributed by atoms with Crippen molar-refractivity contribution in [2.75, 3.05) is 0 Å². The number of benzene rings is 2. The SMILES string of the molecule is CC1CCC(/C=C/C2CCC(C(F)(F)Oc3cc(F)c(-c4ccc(C(F)(F)F)c(F)c4)c(F)c3)CC2)CC1. The van der Waals surface area contributed by atoms with Gasteiger partial charge in [0.2, 0.25) is 0 Å². The molecule has 2 aromatic carbocycles. The van der Waals surface area contributed by atoms with Crippen molar-refractivity contribution < 1.29 is 39.9 Å². The van der Waals surface area contributed by atoms with Crippen LogP contribution in [0, 0.1) is 41.1 Å². The smallest absolute Gasteiger partial charge is 0.419 e. The minimum absolute atomic E-state index is 0.192. The molecule has 1 nitrogen and oxygen atoms in total. The van der Waals surface area contributed by atoms with E-state index >= 15 is 0 Å². The summed E-state index contributed by atoms with van der Waals surface area (Å²) in [5.74, 6) is -4.81. The van der Waals surface area contributed by atoms with E-state index in [-0.39, 0.29) is 18.8 Å². The monoisotopic (exact) mass is 546 g/mol. The molecule has 2 aliphatic carbocycles. The van der Waals surface area contributed by atoms with Gasteiger partial charge in [-0.05, 0) is 74.0 Å². The van der Waals surface area contributed by atoms with Crippen molar-refractivity contribution in [2.45, 2.75) is 70.6 Å².